The van der Waals surface area contributed by atoms with Crippen molar-refractivity contribution in [1.82, 2.24) is 14.5 Å². The molecule has 0 fully saturated rings. The summed E-state index contributed by atoms with van der Waals surface area (Å²) >= 11 is 14.9. The highest BCUT2D eigenvalue weighted by atomic mass is 35.5. The number of hydrogen-bond acceptors (Lipinski definition) is 5. The van der Waals surface area contributed by atoms with Gasteiger partial charge in [0.05, 0.1) is 5.39 Å². The second kappa shape index (κ2) is 6.43. The van der Waals surface area contributed by atoms with Crippen LogP contribution in [0.25, 0.3) is 10.2 Å². The van der Waals surface area contributed by atoms with Crippen LogP contribution < -0.4 is 5.56 Å². The van der Waals surface area contributed by atoms with Gasteiger partial charge in [0.1, 0.15) is 15.1 Å². The Kier molecular flexibility index (Phi) is 4.69. The summed E-state index contributed by atoms with van der Waals surface area (Å²) < 4.78 is 1.59. The highest BCUT2D eigenvalue weighted by molar-refractivity contribution is 7.98. The van der Waals surface area contributed by atoms with Crippen molar-refractivity contribution < 1.29 is 0 Å². The average molecular weight is 386 g/mol. The highest BCUT2D eigenvalue weighted by Crippen LogP contribution is 2.29. The lowest BCUT2D eigenvalue weighted by atomic mass is 10.2. The van der Waals surface area contributed by atoms with E-state index in [1.807, 2.05) is 13.8 Å². The first-order chi connectivity index (χ1) is 10.9. The number of rotatable bonds is 3. The molecule has 0 unspecified atom stereocenters. The lowest BCUT2D eigenvalue weighted by Gasteiger charge is -2.07. The molecule has 0 aliphatic rings. The van der Waals surface area contributed by atoms with E-state index in [0.717, 1.165) is 20.8 Å². The zero-order chi connectivity index (χ0) is 16.7. The summed E-state index contributed by atoms with van der Waals surface area (Å²) in [5, 5.41) is 2.10. The first-order valence-electron chi connectivity index (χ1n) is 6.78. The lowest BCUT2D eigenvalue weighted by Crippen LogP contribution is -2.19. The standard InChI is InChI=1S/C15H13Cl2N3OS2/c1-7-8(2)23-13-12(7)14(21)20(3)15(19-13)22-6-9-4-10(16)18-11(17)5-9/h4-5H,6H2,1-3H3. The van der Waals surface area contributed by atoms with Crippen LogP contribution in [0, 0.1) is 13.8 Å². The van der Waals surface area contributed by atoms with E-state index in [2.05, 4.69) is 9.97 Å². The maximum atomic E-state index is 12.6. The van der Waals surface area contributed by atoms with E-state index in [4.69, 9.17) is 23.2 Å². The van der Waals surface area contributed by atoms with Gasteiger partial charge >= 0.3 is 0 Å². The van der Waals surface area contributed by atoms with E-state index in [0.29, 0.717) is 26.6 Å². The van der Waals surface area contributed by atoms with Crippen LogP contribution in [0.2, 0.25) is 10.3 Å². The SMILES string of the molecule is Cc1sc2nc(SCc3cc(Cl)nc(Cl)c3)n(C)c(=O)c2c1C. The summed E-state index contributed by atoms with van der Waals surface area (Å²) in [6.07, 6.45) is 0. The largest absolute Gasteiger partial charge is 0.290 e. The topological polar surface area (TPSA) is 47.8 Å². The Labute approximate surface area is 151 Å². The minimum atomic E-state index is -0.00913. The Bertz CT molecular complexity index is 945. The third kappa shape index (κ3) is 3.26. The average Bonchev–Trinajstić information content (AvgIpc) is 2.75. The molecular formula is C15H13Cl2N3OS2. The quantitative estimate of drug-likeness (QED) is 0.375. The summed E-state index contributed by atoms with van der Waals surface area (Å²) in [6.45, 7) is 3.97. The Hall–Kier alpha value is -1.08. The fourth-order valence-corrected chi connectivity index (χ4v) is 4.71. The molecule has 0 amide bonds. The zero-order valence-electron chi connectivity index (χ0n) is 12.7. The van der Waals surface area contributed by atoms with Crippen molar-refractivity contribution >= 4 is 56.5 Å². The third-order valence-electron chi connectivity index (χ3n) is 3.56. The molecule has 8 heteroatoms. The summed E-state index contributed by atoms with van der Waals surface area (Å²) in [7, 11) is 1.75. The van der Waals surface area contributed by atoms with Gasteiger partial charge in [-0.15, -0.1) is 11.3 Å². The van der Waals surface area contributed by atoms with Gasteiger partial charge in [0.15, 0.2) is 5.16 Å². The van der Waals surface area contributed by atoms with Gasteiger partial charge in [-0.3, -0.25) is 9.36 Å². The van der Waals surface area contributed by atoms with E-state index in [1.54, 1.807) is 35.1 Å². The van der Waals surface area contributed by atoms with Gasteiger partial charge in [-0.05, 0) is 37.1 Å². The van der Waals surface area contributed by atoms with E-state index in [-0.39, 0.29) is 5.56 Å². The second-order valence-corrected chi connectivity index (χ2v) is 8.05. The monoisotopic (exact) mass is 385 g/mol. The number of thiophene rings is 1. The third-order valence-corrected chi connectivity index (χ3v) is 6.15. The smallest absolute Gasteiger partial charge is 0.262 e. The molecular weight excluding hydrogens is 373 g/mol. The first-order valence-corrected chi connectivity index (χ1v) is 9.34. The summed E-state index contributed by atoms with van der Waals surface area (Å²) in [6, 6.07) is 3.52. The minimum absolute atomic E-state index is 0.00913. The molecule has 120 valence electrons. The summed E-state index contributed by atoms with van der Waals surface area (Å²) in [5.41, 5.74) is 1.94. The maximum absolute atomic E-state index is 12.6. The van der Waals surface area contributed by atoms with Crippen molar-refractivity contribution in [3.05, 3.63) is 48.8 Å². The Morgan fingerprint density at radius 1 is 1.22 bits per heavy atom. The van der Waals surface area contributed by atoms with Crippen molar-refractivity contribution in [2.75, 3.05) is 0 Å². The molecule has 0 spiro atoms. The molecule has 0 aliphatic carbocycles. The number of hydrogen-bond donors (Lipinski definition) is 0. The number of thioether (sulfide) groups is 1. The van der Waals surface area contributed by atoms with Crippen LogP contribution in [0.5, 0.6) is 0 Å². The van der Waals surface area contributed by atoms with E-state index in [9.17, 15) is 4.79 Å². The van der Waals surface area contributed by atoms with Crippen LogP contribution in [0.15, 0.2) is 22.1 Å². The number of nitrogens with zero attached hydrogens (tertiary/aromatic N) is 3. The Morgan fingerprint density at radius 2 is 1.87 bits per heavy atom. The van der Waals surface area contributed by atoms with Crippen molar-refractivity contribution in [3.63, 3.8) is 0 Å². The van der Waals surface area contributed by atoms with Crippen molar-refractivity contribution in [3.8, 4) is 0 Å². The Morgan fingerprint density at radius 3 is 2.52 bits per heavy atom. The number of aryl methyl sites for hydroxylation is 2. The molecule has 0 aromatic carbocycles. The number of aromatic nitrogens is 3. The lowest BCUT2D eigenvalue weighted by molar-refractivity contribution is 0.727. The molecule has 0 atom stereocenters. The molecule has 0 saturated heterocycles. The number of halogens is 2. The van der Waals surface area contributed by atoms with Gasteiger partial charge in [0, 0.05) is 17.7 Å². The maximum Gasteiger partial charge on any atom is 0.262 e. The fourth-order valence-electron chi connectivity index (χ4n) is 2.23. The molecule has 0 aliphatic heterocycles. The predicted octanol–water partition coefficient (Wildman–Crippen LogP) is 4.61. The normalized spacial score (nSPS) is 11.3. The van der Waals surface area contributed by atoms with Gasteiger partial charge < -0.3 is 0 Å². The molecule has 3 aromatic heterocycles. The fraction of sp³-hybridized carbons (Fsp3) is 0.267. The zero-order valence-corrected chi connectivity index (χ0v) is 15.8. The molecule has 3 heterocycles. The van der Waals surface area contributed by atoms with Crippen LogP contribution in [-0.4, -0.2) is 14.5 Å². The highest BCUT2D eigenvalue weighted by Gasteiger charge is 2.15. The molecule has 0 N–H and O–H groups in total. The van der Waals surface area contributed by atoms with Crippen LogP contribution in [0.4, 0.5) is 0 Å². The summed E-state index contributed by atoms with van der Waals surface area (Å²) in [5.74, 6) is 0.608. The van der Waals surface area contributed by atoms with Crippen LogP contribution >= 0.6 is 46.3 Å². The van der Waals surface area contributed by atoms with Crippen LogP contribution in [0.1, 0.15) is 16.0 Å². The molecule has 0 bridgehead atoms. The van der Waals surface area contributed by atoms with Crippen molar-refractivity contribution in [1.29, 1.82) is 0 Å². The van der Waals surface area contributed by atoms with Crippen molar-refractivity contribution in [2.24, 2.45) is 7.05 Å². The van der Waals surface area contributed by atoms with Gasteiger partial charge in [0.2, 0.25) is 0 Å². The molecule has 0 saturated carbocycles. The van der Waals surface area contributed by atoms with Gasteiger partial charge in [-0.1, -0.05) is 35.0 Å². The summed E-state index contributed by atoms with van der Waals surface area (Å²) in [4.78, 5) is 23.0. The molecule has 4 nitrogen and oxygen atoms in total. The number of pyridine rings is 1. The van der Waals surface area contributed by atoms with E-state index < -0.39 is 0 Å². The van der Waals surface area contributed by atoms with E-state index >= 15 is 0 Å². The first kappa shape index (κ1) is 16.8. The van der Waals surface area contributed by atoms with Crippen LogP contribution in [-0.2, 0) is 12.8 Å². The molecule has 0 radical (unpaired) electrons. The van der Waals surface area contributed by atoms with E-state index in [1.165, 1.54) is 11.8 Å². The number of fused-ring (bicyclic) bond motifs is 1. The molecule has 23 heavy (non-hydrogen) atoms. The van der Waals surface area contributed by atoms with Crippen LogP contribution in [0.3, 0.4) is 0 Å². The van der Waals surface area contributed by atoms with Gasteiger partial charge in [-0.2, -0.15) is 0 Å². The van der Waals surface area contributed by atoms with Crippen molar-refractivity contribution in [2.45, 2.75) is 24.8 Å². The van der Waals surface area contributed by atoms with Gasteiger partial charge in [-0.25, -0.2) is 9.97 Å². The second-order valence-electron chi connectivity index (χ2n) is 5.13. The predicted molar refractivity (Wildman–Crippen MR) is 98.2 cm³/mol. The molecule has 3 rings (SSSR count). The van der Waals surface area contributed by atoms with Gasteiger partial charge in [0.25, 0.3) is 5.56 Å². The minimum Gasteiger partial charge on any atom is -0.290 e. The molecule has 3 aromatic rings. The Balaban J connectivity index is 1.97.